The first kappa shape index (κ1) is 11.4. The number of hydrogen-bond acceptors (Lipinski definition) is 1. The maximum Gasteiger partial charge on any atom is 1.00 e. The zero-order chi connectivity index (χ0) is 5.11. The van der Waals surface area contributed by atoms with Gasteiger partial charge in [-0.25, -0.2) is 0 Å². The fourth-order valence-corrected chi connectivity index (χ4v) is 0.428. The van der Waals surface area contributed by atoms with Gasteiger partial charge < -0.3 is 12.5 Å². The van der Waals surface area contributed by atoms with Crippen molar-refractivity contribution in [3.8, 4) is 5.75 Å². The van der Waals surface area contributed by atoms with E-state index in [0.29, 0.717) is 5.75 Å². The summed E-state index contributed by atoms with van der Waals surface area (Å²) in [7, 11) is 0. The minimum Gasteiger partial charge on any atom is -0.508 e. The van der Waals surface area contributed by atoms with Gasteiger partial charge in [-0.3, -0.25) is 0 Å². The monoisotopic (exact) mass is 172 g/mol. The summed E-state index contributed by atoms with van der Waals surface area (Å²) in [6, 6.07) is 8.71. The van der Waals surface area contributed by atoms with Crippen LogP contribution in [0.1, 0.15) is 0 Å². The summed E-state index contributed by atoms with van der Waals surface area (Å²) in [5, 5.41) is 8.63. The molecule has 0 aliphatic heterocycles. The first-order valence-corrected chi connectivity index (χ1v) is 2.13. The van der Waals surface area contributed by atoms with Crippen LogP contribution in [-0.4, -0.2) is 5.11 Å². The second-order valence-electron chi connectivity index (χ2n) is 1.34. The van der Waals surface area contributed by atoms with Crippen molar-refractivity contribution < 1.29 is 22.2 Å². The molecule has 54 valence electrons. The Morgan fingerprint density at radius 2 is 1.44 bits per heavy atom. The third-order valence-corrected chi connectivity index (χ3v) is 0.756. The van der Waals surface area contributed by atoms with E-state index in [1.54, 1.807) is 24.3 Å². The Balaban J connectivity index is 0. The Bertz CT molecular complexity index is 139. The van der Waals surface area contributed by atoms with Gasteiger partial charge in [0.25, 0.3) is 0 Å². The molecule has 0 aromatic heterocycles. The molecule has 0 heterocycles. The number of rotatable bonds is 0. The largest absolute Gasteiger partial charge is 1.00 e. The van der Waals surface area contributed by atoms with Gasteiger partial charge in [0.2, 0.25) is 0 Å². The molecule has 0 amide bonds. The quantitative estimate of drug-likeness (QED) is 0.468. The molecule has 1 aromatic rings. The number of hydrogen-bond donors (Lipinski definition) is 1. The average Bonchev–Trinajstić information content (AvgIpc) is 1.69. The van der Waals surface area contributed by atoms with Crippen LogP contribution in [0.4, 0.5) is 0 Å². The second-order valence-corrected chi connectivity index (χ2v) is 1.34. The zero-order valence-electron chi connectivity index (χ0n) is 5.14. The number of aromatic hydroxyl groups is 1. The van der Waals surface area contributed by atoms with Crippen molar-refractivity contribution in [2.24, 2.45) is 0 Å². The van der Waals surface area contributed by atoms with Crippen LogP contribution < -0.4 is 0 Å². The summed E-state index contributed by atoms with van der Waals surface area (Å²) in [6.45, 7) is 0. The molecule has 0 aliphatic carbocycles. The maximum atomic E-state index is 8.63. The number of phenolic OH excluding ortho intramolecular Hbond substituents is 1. The van der Waals surface area contributed by atoms with Crippen LogP contribution >= 0.6 is 0 Å². The fourth-order valence-electron chi connectivity index (χ4n) is 0.428. The molecule has 0 bridgehead atoms. The Kier molecular flexibility index (Phi) is 7.15. The normalized spacial score (nSPS) is 6.67. The molecule has 2 heteroatoms. The fraction of sp³-hybridized carbons (Fsp3) is 0. The summed E-state index contributed by atoms with van der Waals surface area (Å²) in [5.41, 5.74) is 0. The van der Waals surface area contributed by atoms with Gasteiger partial charge in [-0.15, -0.1) is 0 Å². The van der Waals surface area contributed by atoms with Crippen LogP contribution in [0.3, 0.4) is 0 Å². The van der Waals surface area contributed by atoms with E-state index in [4.69, 9.17) is 5.11 Å². The molecular weight excluding hydrogens is 164 g/mol. The van der Waals surface area contributed by atoms with Crippen LogP contribution in [0.25, 0.3) is 0 Å². The first-order valence-electron chi connectivity index (χ1n) is 2.13. The van der Waals surface area contributed by atoms with Gasteiger partial charge in [0, 0.05) is 0 Å². The van der Waals surface area contributed by atoms with Crippen LogP contribution in [0.15, 0.2) is 30.3 Å². The minimum absolute atomic E-state index is 0. The molecule has 9 heavy (non-hydrogen) atoms. The first-order chi connectivity index (χ1) is 3.39. The van der Waals surface area contributed by atoms with Gasteiger partial charge in [0.1, 0.15) is 5.75 Å². The van der Waals surface area contributed by atoms with E-state index in [1.165, 1.54) is 0 Å². The standard InChI is InChI=1S/C6H6O.CH3.Cu/c7-6-4-2-1-3-5-6;;/h1-5,7H;1H3;/q;-1;+1. The molecule has 0 spiro atoms. The molecule has 0 atom stereocenters. The van der Waals surface area contributed by atoms with Crippen LogP contribution in [0, 0.1) is 7.43 Å². The summed E-state index contributed by atoms with van der Waals surface area (Å²) in [6.07, 6.45) is 0. The van der Waals surface area contributed by atoms with Crippen LogP contribution in [0.2, 0.25) is 0 Å². The van der Waals surface area contributed by atoms with E-state index in [0.717, 1.165) is 0 Å². The van der Waals surface area contributed by atoms with E-state index < -0.39 is 0 Å². The summed E-state index contributed by atoms with van der Waals surface area (Å²) in [4.78, 5) is 0. The van der Waals surface area contributed by atoms with Gasteiger partial charge in [-0.05, 0) is 12.1 Å². The average molecular weight is 173 g/mol. The third-order valence-electron chi connectivity index (χ3n) is 0.756. The summed E-state index contributed by atoms with van der Waals surface area (Å²) >= 11 is 0. The Morgan fingerprint density at radius 1 is 1.00 bits per heavy atom. The van der Waals surface area contributed by atoms with Crippen LogP contribution in [-0.2, 0) is 17.1 Å². The predicted molar refractivity (Wildman–Crippen MR) is 34.5 cm³/mol. The minimum atomic E-state index is 0. The molecule has 1 N–H and O–H groups in total. The van der Waals surface area contributed by atoms with Crippen LogP contribution in [0.5, 0.6) is 5.75 Å². The summed E-state index contributed by atoms with van der Waals surface area (Å²) in [5.74, 6) is 0.322. The number of para-hydroxylation sites is 1. The Labute approximate surface area is 66.2 Å². The summed E-state index contributed by atoms with van der Waals surface area (Å²) < 4.78 is 0. The Hall–Kier alpha value is -0.461. The van der Waals surface area contributed by atoms with Crippen molar-refractivity contribution in [1.29, 1.82) is 0 Å². The van der Waals surface area contributed by atoms with E-state index in [9.17, 15) is 0 Å². The van der Waals surface area contributed by atoms with Gasteiger partial charge in [0.15, 0.2) is 0 Å². The van der Waals surface area contributed by atoms with Crippen molar-refractivity contribution >= 4 is 0 Å². The van der Waals surface area contributed by atoms with E-state index in [2.05, 4.69) is 0 Å². The van der Waals surface area contributed by atoms with Crippen molar-refractivity contribution in [1.82, 2.24) is 0 Å². The Morgan fingerprint density at radius 3 is 1.67 bits per heavy atom. The molecule has 0 aliphatic rings. The molecule has 1 nitrogen and oxygen atoms in total. The van der Waals surface area contributed by atoms with E-state index in [-0.39, 0.29) is 24.5 Å². The van der Waals surface area contributed by atoms with Gasteiger partial charge in [-0.1, -0.05) is 18.2 Å². The smallest absolute Gasteiger partial charge is 0.508 e. The van der Waals surface area contributed by atoms with E-state index in [1.807, 2.05) is 6.07 Å². The zero-order valence-corrected chi connectivity index (χ0v) is 6.08. The van der Waals surface area contributed by atoms with Crippen molar-refractivity contribution in [2.75, 3.05) is 0 Å². The number of phenols is 1. The molecule has 1 aromatic carbocycles. The van der Waals surface area contributed by atoms with Crippen molar-refractivity contribution in [2.45, 2.75) is 0 Å². The van der Waals surface area contributed by atoms with E-state index >= 15 is 0 Å². The third kappa shape index (κ3) is 4.07. The predicted octanol–water partition coefficient (Wildman–Crippen LogP) is 1.84. The molecule has 1 rings (SSSR count). The molecule has 0 saturated heterocycles. The molecule has 0 fully saturated rings. The number of benzene rings is 1. The van der Waals surface area contributed by atoms with Crippen molar-refractivity contribution in [3.05, 3.63) is 37.8 Å². The topological polar surface area (TPSA) is 20.2 Å². The molecule has 0 unspecified atom stereocenters. The molecular formula is C7H9CuO. The SMILES string of the molecule is Oc1ccccc1.[CH3-].[Cu+]. The second kappa shape index (κ2) is 5.67. The van der Waals surface area contributed by atoms with Gasteiger partial charge in [0.05, 0.1) is 0 Å². The van der Waals surface area contributed by atoms with Gasteiger partial charge >= 0.3 is 17.1 Å². The molecule has 0 radical (unpaired) electrons. The van der Waals surface area contributed by atoms with Gasteiger partial charge in [-0.2, -0.15) is 0 Å². The molecule has 0 saturated carbocycles. The maximum absolute atomic E-state index is 8.63. The van der Waals surface area contributed by atoms with Crippen molar-refractivity contribution in [3.63, 3.8) is 0 Å².